The summed E-state index contributed by atoms with van der Waals surface area (Å²) in [5, 5.41) is 0. The summed E-state index contributed by atoms with van der Waals surface area (Å²) >= 11 is 0. The number of anilines is 1. The molecule has 4 rings (SSSR count). The topological polar surface area (TPSA) is 84.0 Å². The van der Waals surface area contributed by atoms with Crippen molar-refractivity contribution in [3.05, 3.63) is 65.5 Å². The van der Waals surface area contributed by atoms with Crippen LogP contribution in [0.5, 0.6) is 0 Å². The number of amides is 3. The SMILES string of the molecule is CCOC(=O)c1ccc(N2C(=O)CC(N(C(=O)c3ccccc3F)C3CC3)C2=O)cc1. The van der Waals surface area contributed by atoms with Crippen LogP contribution in [0.1, 0.15) is 46.9 Å². The van der Waals surface area contributed by atoms with Crippen LogP contribution in [0, 0.1) is 5.82 Å². The quantitative estimate of drug-likeness (QED) is 0.526. The van der Waals surface area contributed by atoms with Gasteiger partial charge in [0.15, 0.2) is 0 Å². The van der Waals surface area contributed by atoms with Crippen LogP contribution in [-0.4, -0.2) is 47.3 Å². The molecule has 31 heavy (non-hydrogen) atoms. The first-order chi connectivity index (χ1) is 14.9. The maximum absolute atomic E-state index is 14.2. The zero-order valence-electron chi connectivity index (χ0n) is 16.9. The highest BCUT2D eigenvalue weighted by molar-refractivity contribution is 6.23. The third-order valence-electron chi connectivity index (χ3n) is 5.37. The monoisotopic (exact) mass is 424 g/mol. The van der Waals surface area contributed by atoms with Crippen LogP contribution in [0.2, 0.25) is 0 Å². The van der Waals surface area contributed by atoms with Crippen molar-refractivity contribution in [3.8, 4) is 0 Å². The molecule has 1 heterocycles. The Morgan fingerprint density at radius 2 is 1.77 bits per heavy atom. The lowest BCUT2D eigenvalue weighted by molar-refractivity contribution is -0.122. The zero-order chi connectivity index (χ0) is 22.1. The smallest absolute Gasteiger partial charge is 0.338 e. The fourth-order valence-electron chi connectivity index (χ4n) is 3.75. The molecule has 1 saturated carbocycles. The third-order valence-corrected chi connectivity index (χ3v) is 5.37. The second-order valence-corrected chi connectivity index (χ2v) is 7.48. The standard InChI is InChI=1S/C23H21FN2O5/c1-2-31-23(30)14-7-9-16(10-8-14)26-20(27)13-19(22(26)29)25(15-11-12-15)21(28)17-5-3-4-6-18(17)24/h3-10,15,19H,2,11-13H2,1H3. The van der Waals surface area contributed by atoms with E-state index in [4.69, 9.17) is 4.74 Å². The molecule has 0 aromatic heterocycles. The van der Waals surface area contributed by atoms with Gasteiger partial charge in [-0.1, -0.05) is 12.1 Å². The van der Waals surface area contributed by atoms with Crippen molar-refractivity contribution in [2.24, 2.45) is 0 Å². The zero-order valence-corrected chi connectivity index (χ0v) is 16.9. The molecule has 2 fully saturated rings. The molecule has 1 atom stereocenters. The Balaban J connectivity index is 1.59. The second kappa shape index (κ2) is 8.29. The summed E-state index contributed by atoms with van der Waals surface area (Å²) in [5.41, 5.74) is 0.488. The van der Waals surface area contributed by atoms with E-state index in [0.29, 0.717) is 24.1 Å². The van der Waals surface area contributed by atoms with Gasteiger partial charge >= 0.3 is 5.97 Å². The van der Waals surface area contributed by atoms with Crippen molar-refractivity contribution in [1.82, 2.24) is 4.90 Å². The first-order valence-corrected chi connectivity index (χ1v) is 10.1. The van der Waals surface area contributed by atoms with Crippen LogP contribution < -0.4 is 4.90 Å². The summed E-state index contributed by atoms with van der Waals surface area (Å²) < 4.78 is 19.1. The Bertz CT molecular complexity index is 1050. The van der Waals surface area contributed by atoms with Crippen LogP contribution in [0.25, 0.3) is 0 Å². The van der Waals surface area contributed by atoms with E-state index in [2.05, 4.69) is 0 Å². The fraction of sp³-hybridized carbons (Fsp3) is 0.304. The summed E-state index contributed by atoms with van der Waals surface area (Å²) in [7, 11) is 0. The minimum absolute atomic E-state index is 0.119. The molecule has 1 aliphatic heterocycles. The first-order valence-electron chi connectivity index (χ1n) is 10.1. The third kappa shape index (κ3) is 3.93. The van der Waals surface area contributed by atoms with Crippen LogP contribution >= 0.6 is 0 Å². The lowest BCUT2D eigenvalue weighted by Crippen LogP contribution is -2.47. The van der Waals surface area contributed by atoms with Gasteiger partial charge in [0.25, 0.3) is 11.8 Å². The van der Waals surface area contributed by atoms with Crippen LogP contribution in [-0.2, 0) is 14.3 Å². The number of hydrogen-bond donors (Lipinski definition) is 0. The first kappa shape index (κ1) is 20.7. The highest BCUT2D eigenvalue weighted by Crippen LogP contribution is 2.35. The molecule has 0 spiro atoms. The Hall–Kier alpha value is -3.55. The number of imide groups is 1. The number of esters is 1. The molecule has 0 radical (unpaired) electrons. The number of halogens is 1. The Kier molecular flexibility index (Phi) is 5.54. The van der Waals surface area contributed by atoms with Gasteiger partial charge in [-0.3, -0.25) is 14.4 Å². The van der Waals surface area contributed by atoms with E-state index in [1.165, 1.54) is 47.4 Å². The van der Waals surface area contributed by atoms with Crippen LogP contribution in [0.4, 0.5) is 10.1 Å². The van der Waals surface area contributed by atoms with Gasteiger partial charge in [-0.25, -0.2) is 14.1 Å². The minimum Gasteiger partial charge on any atom is -0.462 e. The van der Waals surface area contributed by atoms with Gasteiger partial charge in [-0.15, -0.1) is 0 Å². The normalized spacial score (nSPS) is 18.3. The minimum atomic E-state index is -0.989. The van der Waals surface area contributed by atoms with Gasteiger partial charge in [-0.05, 0) is 56.2 Å². The average Bonchev–Trinajstić information content (AvgIpc) is 3.54. The molecule has 3 amide bonds. The lowest BCUT2D eigenvalue weighted by atomic mass is 10.1. The number of hydrogen-bond acceptors (Lipinski definition) is 5. The average molecular weight is 424 g/mol. The number of rotatable bonds is 6. The van der Waals surface area contributed by atoms with Crippen LogP contribution in [0.15, 0.2) is 48.5 Å². The molecule has 0 bridgehead atoms. The molecule has 1 aliphatic carbocycles. The van der Waals surface area contributed by atoms with E-state index in [0.717, 1.165) is 4.90 Å². The number of carbonyl (C=O) groups is 4. The van der Waals surface area contributed by atoms with Crippen molar-refractivity contribution < 1.29 is 28.3 Å². The molecule has 2 aromatic carbocycles. The van der Waals surface area contributed by atoms with Gasteiger partial charge in [0.05, 0.1) is 29.8 Å². The number of ether oxygens (including phenoxy) is 1. The van der Waals surface area contributed by atoms with E-state index >= 15 is 0 Å². The van der Waals surface area contributed by atoms with E-state index in [1.807, 2.05) is 0 Å². The van der Waals surface area contributed by atoms with Crippen molar-refractivity contribution in [2.45, 2.75) is 38.3 Å². The van der Waals surface area contributed by atoms with Gasteiger partial charge in [0, 0.05) is 6.04 Å². The van der Waals surface area contributed by atoms with Crippen molar-refractivity contribution in [1.29, 1.82) is 0 Å². The van der Waals surface area contributed by atoms with Crippen molar-refractivity contribution in [2.75, 3.05) is 11.5 Å². The summed E-state index contributed by atoms with van der Waals surface area (Å²) in [6, 6.07) is 10.4. The van der Waals surface area contributed by atoms with Gasteiger partial charge in [0.1, 0.15) is 11.9 Å². The van der Waals surface area contributed by atoms with Crippen molar-refractivity contribution in [3.63, 3.8) is 0 Å². The summed E-state index contributed by atoms with van der Waals surface area (Å²) in [6.45, 7) is 1.93. The molecular weight excluding hydrogens is 403 g/mol. The Labute approximate surface area is 178 Å². The number of carbonyl (C=O) groups excluding carboxylic acids is 4. The van der Waals surface area contributed by atoms with E-state index in [1.54, 1.807) is 13.0 Å². The lowest BCUT2D eigenvalue weighted by Gasteiger charge is -2.27. The summed E-state index contributed by atoms with van der Waals surface area (Å²) in [4.78, 5) is 53.1. The molecule has 2 aliphatic rings. The van der Waals surface area contributed by atoms with E-state index in [9.17, 15) is 23.6 Å². The molecule has 0 N–H and O–H groups in total. The fourth-order valence-corrected chi connectivity index (χ4v) is 3.75. The summed E-state index contributed by atoms with van der Waals surface area (Å²) in [5.74, 6) is -2.75. The Morgan fingerprint density at radius 3 is 2.39 bits per heavy atom. The summed E-state index contributed by atoms with van der Waals surface area (Å²) in [6.07, 6.45) is 1.23. The predicted molar refractivity (Wildman–Crippen MR) is 109 cm³/mol. The molecule has 1 unspecified atom stereocenters. The van der Waals surface area contributed by atoms with E-state index < -0.39 is 35.5 Å². The molecule has 160 valence electrons. The predicted octanol–water partition coefficient (Wildman–Crippen LogP) is 2.94. The molecule has 7 nitrogen and oxygen atoms in total. The van der Waals surface area contributed by atoms with Crippen molar-refractivity contribution >= 4 is 29.4 Å². The highest BCUT2D eigenvalue weighted by atomic mass is 19.1. The molecule has 8 heteroatoms. The highest BCUT2D eigenvalue weighted by Gasteiger charge is 2.49. The second-order valence-electron chi connectivity index (χ2n) is 7.48. The molecular formula is C23H21FN2O5. The van der Waals surface area contributed by atoms with Gasteiger partial charge in [-0.2, -0.15) is 0 Å². The molecule has 1 saturated heterocycles. The largest absolute Gasteiger partial charge is 0.462 e. The number of benzene rings is 2. The maximum atomic E-state index is 14.2. The van der Waals surface area contributed by atoms with Crippen LogP contribution in [0.3, 0.4) is 0 Å². The maximum Gasteiger partial charge on any atom is 0.338 e. The number of nitrogens with zero attached hydrogens (tertiary/aromatic N) is 2. The van der Waals surface area contributed by atoms with Gasteiger partial charge in [0.2, 0.25) is 5.91 Å². The Morgan fingerprint density at radius 1 is 1.10 bits per heavy atom. The van der Waals surface area contributed by atoms with E-state index in [-0.39, 0.29) is 24.6 Å². The molecule has 2 aromatic rings. The van der Waals surface area contributed by atoms with Gasteiger partial charge < -0.3 is 9.64 Å².